The van der Waals surface area contributed by atoms with E-state index in [1.54, 1.807) is 0 Å². The predicted molar refractivity (Wildman–Crippen MR) is 241 cm³/mol. The number of rotatable bonds is 6. The summed E-state index contributed by atoms with van der Waals surface area (Å²) < 4.78 is 2.39. The maximum Gasteiger partial charge on any atom is 0.0541 e. The predicted octanol–water partition coefficient (Wildman–Crippen LogP) is 15.0. The summed E-state index contributed by atoms with van der Waals surface area (Å²) in [7, 11) is 0. The van der Waals surface area contributed by atoms with E-state index in [1.165, 1.54) is 82.8 Å². The third kappa shape index (κ3) is 5.33. The molecule has 0 bridgehead atoms. The lowest BCUT2D eigenvalue weighted by Gasteiger charge is -2.29. The second kappa shape index (κ2) is 13.0. The van der Waals surface area contributed by atoms with Gasteiger partial charge in [-0.05, 0) is 117 Å². The lowest BCUT2D eigenvalue weighted by Crippen LogP contribution is -2.16. The monoisotopic (exact) mass is 728 g/mol. The van der Waals surface area contributed by atoms with Gasteiger partial charge in [-0.2, -0.15) is 0 Å². The van der Waals surface area contributed by atoms with Crippen molar-refractivity contribution >= 4 is 49.6 Å². The fraction of sp³-hybridized carbons (Fsp3) is 0.0545. The maximum absolute atomic E-state index is 2.44. The van der Waals surface area contributed by atoms with Crippen LogP contribution in [0.4, 0.5) is 17.1 Å². The SMILES string of the molecule is CC1(C)c2ccccc2-c2ccc(N(c3ccc(-c4ccc5c(c4)c4cc(-c6ccccc6)ccc4n5-c4ccccc4)cc3)c3cccc4ccccc34)cc21. The van der Waals surface area contributed by atoms with Crippen LogP contribution in [0.15, 0.2) is 206 Å². The molecule has 0 fully saturated rings. The third-order valence-corrected chi connectivity index (χ3v) is 12.2. The van der Waals surface area contributed by atoms with Crippen LogP contribution in [0.5, 0.6) is 0 Å². The van der Waals surface area contributed by atoms with E-state index in [0.29, 0.717) is 0 Å². The van der Waals surface area contributed by atoms with Gasteiger partial charge >= 0.3 is 0 Å². The fourth-order valence-corrected chi connectivity index (χ4v) is 9.33. The summed E-state index contributed by atoms with van der Waals surface area (Å²) >= 11 is 0. The summed E-state index contributed by atoms with van der Waals surface area (Å²) in [6, 6.07) is 75.6. The van der Waals surface area contributed by atoms with Crippen molar-refractivity contribution in [3.63, 3.8) is 0 Å². The Balaban J connectivity index is 1.05. The molecule has 2 nitrogen and oxygen atoms in total. The standard InChI is InChI=1S/C55H40N2/c1-55(2)50-22-12-11-21-46(50)47-31-30-44(36-51(47)55)56(52-23-13-17-39-16-9-10-20-45(39)52)43-28-24-38(25-29-43)41-27-33-54-49(35-41)48-34-40(37-14-5-3-6-15-37)26-32-53(48)57(54)42-18-7-4-8-19-42/h3-36H,1-2H3. The van der Waals surface area contributed by atoms with E-state index in [-0.39, 0.29) is 5.41 Å². The van der Waals surface area contributed by atoms with Crippen LogP contribution in [0.2, 0.25) is 0 Å². The van der Waals surface area contributed by atoms with E-state index in [1.807, 2.05) is 0 Å². The zero-order valence-electron chi connectivity index (χ0n) is 32.0. The van der Waals surface area contributed by atoms with Crippen molar-refractivity contribution in [2.75, 3.05) is 4.90 Å². The van der Waals surface area contributed by atoms with Crippen molar-refractivity contribution in [3.8, 4) is 39.1 Å². The van der Waals surface area contributed by atoms with Gasteiger partial charge in [-0.15, -0.1) is 0 Å². The molecular weight excluding hydrogens is 689 g/mol. The largest absolute Gasteiger partial charge is 0.310 e. The molecule has 0 unspecified atom stereocenters. The first kappa shape index (κ1) is 33.2. The van der Waals surface area contributed by atoms with Gasteiger partial charge < -0.3 is 9.47 Å². The number of hydrogen-bond acceptors (Lipinski definition) is 1. The Morgan fingerprint density at radius 3 is 1.68 bits per heavy atom. The third-order valence-electron chi connectivity index (χ3n) is 12.2. The summed E-state index contributed by atoms with van der Waals surface area (Å²) in [5.74, 6) is 0. The van der Waals surface area contributed by atoms with E-state index in [9.17, 15) is 0 Å². The molecule has 10 aromatic rings. The fourth-order valence-electron chi connectivity index (χ4n) is 9.33. The molecule has 0 saturated carbocycles. The molecule has 0 radical (unpaired) electrons. The van der Waals surface area contributed by atoms with E-state index in [4.69, 9.17) is 0 Å². The number of nitrogens with zero attached hydrogens (tertiary/aromatic N) is 2. The molecule has 11 rings (SSSR count). The van der Waals surface area contributed by atoms with Crippen LogP contribution in [-0.4, -0.2) is 4.57 Å². The molecule has 0 atom stereocenters. The van der Waals surface area contributed by atoms with E-state index in [0.717, 1.165) is 17.1 Å². The molecule has 9 aromatic carbocycles. The minimum absolute atomic E-state index is 0.0969. The Morgan fingerprint density at radius 2 is 0.947 bits per heavy atom. The van der Waals surface area contributed by atoms with Crippen LogP contribution in [0.3, 0.4) is 0 Å². The minimum atomic E-state index is -0.0969. The van der Waals surface area contributed by atoms with Crippen molar-refractivity contribution < 1.29 is 0 Å². The number of para-hydroxylation sites is 1. The summed E-state index contributed by atoms with van der Waals surface area (Å²) in [5.41, 5.74) is 17.1. The smallest absolute Gasteiger partial charge is 0.0541 e. The first-order valence-corrected chi connectivity index (χ1v) is 19.8. The number of aromatic nitrogens is 1. The molecular formula is C55H40N2. The van der Waals surface area contributed by atoms with Crippen LogP contribution in [0.1, 0.15) is 25.0 Å². The molecule has 1 aromatic heterocycles. The van der Waals surface area contributed by atoms with Crippen LogP contribution >= 0.6 is 0 Å². The minimum Gasteiger partial charge on any atom is -0.310 e. The average molecular weight is 729 g/mol. The van der Waals surface area contributed by atoms with Crippen molar-refractivity contribution in [1.82, 2.24) is 4.57 Å². The van der Waals surface area contributed by atoms with Crippen molar-refractivity contribution in [2.24, 2.45) is 0 Å². The topological polar surface area (TPSA) is 8.17 Å². The Hall–Kier alpha value is -7.16. The number of fused-ring (bicyclic) bond motifs is 7. The molecule has 0 N–H and O–H groups in total. The Morgan fingerprint density at radius 1 is 0.386 bits per heavy atom. The summed E-state index contributed by atoms with van der Waals surface area (Å²) in [6.45, 7) is 4.71. The van der Waals surface area contributed by atoms with Gasteiger partial charge in [0, 0.05) is 38.6 Å². The zero-order valence-corrected chi connectivity index (χ0v) is 32.0. The second-order valence-electron chi connectivity index (χ2n) is 15.8. The van der Waals surface area contributed by atoms with Gasteiger partial charge in [-0.3, -0.25) is 0 Å². The Labute approximate surface area is 333 Å². The van der Waals surface area contributed by atoms with Gasteiger partial charge in [0.1, 0.15) is 0 Å². The molecule has 0 aliphatic heterocycles. The first-order valence-electron chi connectivity index (χ1n) is 19.8. The summed E-state index contributed by atoms with van der Waals surface area (Å²) in [6.07, 6.45) is 0. The molecule has 57 heavy (non-hydrogen) atoms. The van der Waals surface area contributed by atoms with Gasteiger partial charge in [0.05, 0.1) is 16.7 Å². The van der Waals surface area contributed by atoms with Crippen molar-refractivity contribution in [3.05, 3.63) is 217 Å². The molecule has 2 heteroatoms. The van der Waals surface area contributed by atoms with E-state index in [2.05, 4.69) is 230 Å². The lowest BCUT2D eigenvalue weighted by atomic mass is 9.82. The van der Waals surface area contributed by atoms with E-state index < -0.39 is 0 Å². The Bertz CT molecular complexity index is 3130. The van der Waals surface area contributed by atoms with Crippen molar-refractivity contribution in [2.45, 2.75) is 19.3 Å². The molecule has 0 spiro atoms. The van der Waals surface area contributed by atoms with Crippen LogP contribution in [-0.2, 0) is 5.41 Å². The molecule has 1 aliphatic carbocycles. The number of hydrogen-bond donors (Lipinski definition) is 0. The highest BCUT2D eigenvalue weighted by molar-refractivity contribution is 6.11. The average Bonchev–Trinajstić information content (AvgIpc) is 3.72. The van der Waals surface area contributed by atoms with Gasteiger partial charge in [-0.1, -0.05) is 153 Å². The number of anilines is 3. The molecule has 1 aliphatic rings. The van der Waals surface area contributed by atoms with Gasteiger partial charge in [0.15, 0.2) is 0 Å². The highest BCUT2D eigenvalue weighted by Crippen LogP contribution is 2.51. The quantitative estimate of drug-likeness (QED) is 0.165. The highest BCUT2D eigenvalue weighted by atomic mass is 15.1. The summed E-state index contributed by atoms with van der Waals surface area (Å²) in [5, 5.41) is 4.94. The highest BCUT2D eigenvalue weighted by Gasteiger charge is 2.35. The molecule has 270 valence electrons. The second-order valence-corrected chi connectivity index (χ2v) is 15.8. The first-order chi connectivity index (χ1) is 28.0. The van der Waals surface area contributed by atoms with Crippen LogP contribution in [0, 0.1) is 0 Å². The van der Waals surface area contributed by atoms with Crippen LogP contribution in [0.25, 0.3) is 71.6 Å². The van der Waals surface area contributed by atoms with Crippen LogP contribution < -0.4 is 4.90 Å². The summed E-state index contributed by atoms with van der Waals surface area (Å²) in [4.78, 5) is 2.44. The van der Waals surface area contributed by atoms with Crippen molar-refractivity contribution in [1.29, 1.82) is 0 Å². The van der Waals surface area contributed by atoms with Gasteiger partial charge in [-0.25, -0.2) is 0 Å². The van der Waals surface area contributed by atoms with Gasteiger partial charge in [0.25, 0.3) is 0 Å². The van der Waals surface area contributed by atoms with E-state index >= 15 is 0 Å². The van der Waals surface area contributed by atoms with Gasteiger partial charge in [0.2, 0.25) is 0 Å². The molecule has 0 amide bonds. The normalized spacial score (nSPS) is 12.9. The lowest BCUT2D eigenvalue weighted by molar-refractivity contribution is 0.660. The number of benzene rings is 9. The zero-order chi connectivity index (χ0) is 38.1. The molecule has 0 saturated heterocycles. The maximum atomic E-state index is 2.44. The molecule has 1 heterocycles. The Kier molecular flexibility index (Phi) is 7.55.